The average Bonchev–Trinajstić information content (AvgIpc) is 2.56. The quantitative estimate of drug-likeness (QED) is 0.749. The largest absolute Gasteiger partial charge is 0.378 e. The number of nitrogens with one attached hydrogen (secondary N) is 1. The first-order valence-corrected chi connectivity index (χ1v) is 8.38. The molecule has 2 heterocycles. The molecule has 2 rings (SSSR count). The van der Waals surface area contributed by atoms with Crippen molar-refractivity contribution in [2.45, 2.75) is 45.4 Å². The van der Waals surface area contributed by atoms with E-state index < -0.39 is 0 Å². The van der Waals surface area contributed by atoms with E-state index in [1.54, 1.807) is 0 Å². The van der Waals surface area contributed by atoms with Gasteiger partial charge in [0.1, 0.15) is 5.82 Å². The zero-order valence-electron chi connectivity index (χ0n) is 13.5. The van der Waals surface area contributed by atoms with E-state index in [1.807, 2.05) is 18.3 Å². The van der Waals surface area contributed by atoms with E-state index in [-0.39, 0.29) is 5.91 Å². The molecule has 0 bridgehead atoms. The van der Waals surface area contributed by atoms with E-state index >= 15 is 0 Å². The van der Waals surface area contributed by atoms with Gasteiger partial charge < -0.3 is 15.0 Å². The van der Waals surface area contributed by atoms with Gasteiger partial charge in [0.25, 0.3) is 0 Å². The zero-order valence-corrected chi connectivity index (χ0v) is 13.5. The van der Waals surface area contributed by atoms with Gasteiger partial charge in [0.2, 0.25) is 5.91 Å². The van der Waals surface area contributed by atoms with Crippen LogP contribution >= 0.6 is 0 Å². The molecule has 0 atom stereocenters. The molecule has 0 unspecified atom stereocenters. The van der Waals surface area contributed by atoms with Gasteiger partial charge in [0.15, 0.2) is 0 Å². The number of amides is 1. The van der Waals surface area contributed by atoms with Gasteiger partial charge >= 0.3 is 0 Å². The topological polar surface area (TPSA) is 54.5 Å². The summed E-state index contributed by atoms with van der Waals surface area (Å²) in [5.74, 6) is 0.693. The van der Waals surface area contributed by atoms with Crippen LogP contribution in [0.2, 0.25) is 0 Å². The Kier molecular flexibility index (Phi) is 7.16. The van der Waals surface area contributed by atoms with Gasteiger partial charge in [-0.25, -0.2) is 4.98 Å². The third-order valence-corrected chi connectivity index (χ3v) is 3.90. The number of rotatable bonds is 8. The lowest BCUT2D eigenvalue weighted by atomic mass is 10.1. The van der Waals surface area contributed by atoms with Crippen LogP contribution in [0.3, 0.4) is 0 Å². The van der Waals surface area contributed by atoms with Crippen molar-refractivity contribution < 1.29 is 9.53 Å². The van der Waals surface area contributed by atoms with Gasteiger partial charge in [-0.15, -0.1) is 0 Å². The summed E-state index contributed by atoms with van der Waals surface area (Å²) in [5, 5.41) is 2.87. The molecule has 1 aromatic heterocycles. The van der Waals surface area contributed by atoms with Gasteiger partial charge in [-0.2, -0.15) is 0 Å². The summed E-state index contributed by atoms with van der Waals surface area (Å²) in [6.45, 7) is 5.50. The van der Waals surface area contributed by atoms with Crippen molar-refractivity contribution in [1.29, 1.82) is 0 Å². The molecule has 1 N–H and O–H groups in total. The summed E-state index contributed by atoms with van der Waals surface area (Å²) in [6, 6.07) is 3.88. The minimum atomic E-state index is 0.0584. The molecule has 5 nitrogen and oxygen atoms in total. The molecule has 0 aliphatic carbocycles. The second-order valence-electron chi connectivity index (χ2n) is 5.71. The van der Waals surface area contributed by atoms with Crippen molar-refractivity contribution in [2.75, 3.05) is 36.5 Å². The number of nitrogens with zero attached hydrogens (tertiary/aromatic N) is 2. The molecular weight excluding hydrogens is 278 g/mol. The van der Waals surface area contributed by atoms with Crippen molar-refractivity contribution >= 4 is 17.4 Å². The number of carbonyl (C=O) groups excluding carboxylic acids is 1. The van der Waals surface area contributed by atoms with Crippen LogP contribution in [0.4, 0.5) is 11.5 Å². The molecule has 0 radical (unpaired) electrons. The molecule has 1 aliphatic heterocycles. The molecule has 0 aromatic carbocycles. The van der Waals surface area contributed by atoms with E-state index in [0.29, 0.717) is 12.2 Å². The maximum absolute atomic E-state index is 11.9. The predicted molar refractivity (Wildman–Crippen MR) is 89.3 cm³/mol. The van der Waals surface area contributed by atoms with Crippen LogP contribution < -0.4 is 10.2 Å². The summed E-state index contributed by atoms with van der Waals surface area (Å²) in [7, 11) is 0. The lowest BCUT2D eigenvalue weighted by Crippen LogP contribution is -2.36. The molecule has 122 valence electrons. The van der Waals surface area contributed by atoms with Crippen molar-refractivity contribution in [3.05, 3.63) is 18.3 Å². The minimum Gasteiger partial charge on any atom is -0.378 e. The molecule has 5 heteroatoms. The molecule has 0 saturated carbocycles. The van der Waals surface area contributed by atoms with Crippen LogP contribution in [-0.2, 0) is 9.53 Å². The SMILES string of the molecule is CCCCCCCC(=O)Nc1ccc(N2CCOCC2)cn1. The summed E-state index contributed by atoms with van der Waals surface area (Å²) in [5.41, 5.74) is 1.08. The van der Waals surface area contributed by atoms with Crippen molar-refractivity contribution in [1.82, 2.24) is 4.98 Å². The fourth-order valence-electron chi connectivity index (χ4n) is 2.56. The Morgan fingerprint density at radius 1 is 1.23 bits per heavy atom. The Hall–Kier alpha value is -1.62. The smallest absolute Gasteiger partial charge is 0.225 e. The summed E-state index contributed by atoms with van der Waals surface area (Å²) >= 11 is 0. The van der Waals surface area contributed by atoms with Crippen LogP contribution in [0.15, 0.2) is 18.3 Å². The third-order valence-electron chi connectivity index (χ3n) is 3.90. The molecule has 1 aliphatic rings. The molecule has 22 heavy (non-hydrogen) atoms. The van der Waals surface area contributed by atoms with Crippen LogP contribution in [0.1, 0.15) is 45.4 Å². The number of pyridine rings is 1. The highest BCUT2D eigenvalue weighted by molar-refractivity contribution is 5.89. The molecular formula is C17H27N3O2. The second kappa shape index (κ2) is 9.41. The lowest BCUT2D eigenvalue weighted by Gasteiger charge is -2.28. The molecule has 1 saturated heterocycles. The van der Waals surface area contributed by atoms with E-state index in [2.05, 4.69) is 22.1 Å². The standard InChI is InChI=1S/C17H27N3O2/c1-2-3-4-5-6-7-17(21)19-16-9-8-15(14-18-16)20-10-12-22-13-11-20/h8-9,14H,2-7,10-13H2,1H3,(H,18,19,21). The van der Waals surface area contributed by atoms with E-state index in [1.165, 1.54) is 19.3 Å². The Balaban J connectivity index is 1.72. The number of morpholine rings is 1. The van der Waals surface area contributed by atoms with Gasteiger partial charge in [-0.3, -0.25) is 4.79 Å². The Morgan fingerprint density at radius 3 is 2.68 bits per heavy atom. The van der Waals surface area contributed by atoms with Crippen LogP contribution in [0.25, 0.3) is 0 Å². The van der Waals surface area contributed by atoms with E-state index in [0.717, 1.165) is 44.8 Å². The van der Waals surface area contributed by atoms with Gasteiger partial charge in [-0.1, -0.05) is 32.6 Å². The third kappa shape index (κ3) is 5.64. The van der Waals surface area contributed by atoms with Crippen molar-refractivity contribution in [3.8, 4) is 0 Å². The number of aromatic nitrogens is 1. The number of carbonyl (C=O) groups is 1. The van der Waals surface area contributed by atoms with Crippen molar-refractivity contribution in [3.63, 3.8) is 0 Å². The highest BCUT2D eigenvalue weighted by atomic mass is 16.5. The van der Waals surface area contributed by atoms with Gasteiger partial charge in [-0.05, 0) is 18.6 Å². The Morgan fingerprint density at radius 2 is 2.00 bits per heavy atom. The molecule has 1 amide bonds. The minimum absolute atomic E-state index is 0.0584. The molecule has 1 fully saturated rings. The molecule has 0 spiro atoms. The van der Waals surface area contributed by atoms with Crippen molar-refractivity contribution in [2.24, 2.45) is 0 Å². The maximum atomic E-state index is 11.9. The van der Waals surface area contributed by atoms with Crippen LogP contribution in [-0.4, -0.2) is 37.2 Å². The van der Waals surface area contributed by atoms with Crippen LogP contribution in [0.5, 0.6) is 0 Å². The summed E-state index contributed by atoms with van der Waals surface area (Å²) in [4.78, 5) is 18.4. The number of ether oxygens (including phenoxy) is 1. The van der Waals surface area contributed by atoms with Gasteiger partial charge in [0, 0.05) is 19.5 Å². The summed E-state index contributed by atoms with van der Waals surface area (Å²) in [6.07, 6.45) is 8.19. The Labute approximate surface area is 133 Å². The number of anilines is 2. The lowest BCUT2D eigenvalue weighted by molar-refractivity contribution is -0.116. The molecule has 1 aromatic rings. The predicted octanol–water partition coefficient (Wildman–Crippen LogP) is 3.22. The van der Waals surface area contributed by atoms with Crippen LogP contribution in [0, 0.1) is 0 Å². The highest BCUT2D eigenvalue weighted by Crippen LogP contribution is 2.16. The first kappa shape index (κ1) is 16.7. The normalized spacial score (nSPS) is 14.9. The number of unbranched alkanes of at least 4 members (excludes halogenated alkanes) is 4. The first-order chi connectivity index (χ1) is 10.8. The summed E-state index contributed by atoms with van der Waals surface area (Å²) < 4.78 is 5.34. The second-order valence-corrected chi connectivity index (χ2v) is 5.71. The fraction of sp³-hybridized carbons (Fsp3) is 0.647. The van der Waals surface area contributed by atoms with Gasteiger partial charge in [0.05, 0.1) is 25.1 Å². The average molecular weight is 305 g/mol. The van der Waals surface area contributed by atoms with E-state index in [9.17, 15) is 4.79 Å². The highest BCUT2D eigenvalue weighted by Gasteiger charge is 2.11. The first-order valence-electron chi connectivity index (χ1n) is 8.38. The fourth-order valence-corrected chi connectivity index (χ4v) is 2.56. The monoisotopic (exact) mass is 305 g/mol. The van der Waals surface area contributed by atoms with E-state index in [4.69, 9.17) is 4.74 Å². The maximum Gasteiger partial charge on any atom is 0.225 e. The number of hydrogen-bond acceptors (Lipinski definition) is 4. The zero-order chi connectivity index (χ0) is 15.6. The Bertz CT molecular complexity index is 442. The number of hydrogen-bond donors (Lipinski definition) is 1.